The molecule has 1 fully saturated rings. The van der Waals surface area contributed by atoms with Crippen molar-refractivity contribution in [3.63, 3.8) is 0 Å². The third-order valence-electron chi connectivity index (χ3n) is 5.75. The van der Waals surface area contributed by atoms with Gasteiger partial charge in [-0.2, -0.15) is 0 Å². The number of H-pyrrole nitrogens is 1. The molecule has 32 heavy (non-hydrogen) atoms. The van der Waals surface area contributed by atoms with E-state index in [0.717, 1.165) is 29.7 Å². The molecule has 0 saturated carbocycles. The zero-order chi connectivity index (χ0) is 23.3. The molecule has 1 aromatic carbocycles. The number of nitrogens with one attached hydrogen (secondary N) is 1. The summed E-state index contributed by atoms with van der Waals surface area (Å²) < 4.78 is 21.6. The Hall–Kier alpha value is -3.00. The predicted octanol–water partition coefficient (Wildman–Crippen LogP) is 3.65. The minimum Gasteiger partial charge on any atom is -0.497 e. The smallest absolute Gasteiger partial charge is 0.355 e. The van der Waals surface area contributed by atoms with Crippen molar-refractivity contribution in [1.82, 2.24) is 9.88 Å². The maximum Gasteiger partial charge on any atom is 0.355 e. The summed E-state index contributed by atoms with van der Waals surface area (Å²) in [6.45, 7) is 7.34. The first kappa shape index (κ1) is 23.7. The van der Waals surface area contributed by atoms with E-state index in [1.165, 1.54) is 0 Å². The minimum atomic E-state index is -0.395. The highest BCUT2D eigenvalue weighted by Gasteiger charge is 2.27. The van der Waals surface area contributed by atoms with Crippen molar-refractivity contribution >= 4 is 11.9 Å². The van der Waals surface area contributed by atoms with Crippen LogP contribution in [0.3, 0.4) is 0 Å². The van der Waals surface area contributed by atoms with Crippen LogP contribution in [-0.2, 0) is 16.0 Å². The molecule has 0 radical (unpaired) electrons. The highest BCUT2D eigenvalue weighted by Crippen LogP contribution is 2.27. The van der Waals surface area contributed by atoms with Crippen LogP contribution in [0.15, 0.2) is 18.2 Å². The molecular formula is C24H32N2O6. The lowest BCUT2D eigenvalue weighted by Crippen LogP contribution is -2.37. The second kappa shape index (κ2) is 10.5. The molecule has 0 spiro atoms. The number of rotatable bonds is 9. The standard InChI is InChI=1S/C24H32N2O6/c1-6-31-24(28)22-15(2)21(16(3)25-22)14-26(13-18-8-7-9-32-18)23(27)17-10-19(29-4)12-20(11-17)30-5/h10-12,18,25H,6-9,13-14H2,1-5H3/t18-/m0/s1. The lowest BCUT2D eigenvalue weighted by Gasteiger charge is -2.26. The van der Waals surface area contributed by atoms with Crippen molar-refractivity contribution in [2.75, 3.05) is 34.0 Å². The molecule has 0 unspecified atom stereocenters. The first-order valence-corrected chi connectivity index (χ1v) is 10.9. The zero-order valence-electron chi connectivity index (χ0n) is 19.4. The molecule has 1 saturated heterocycles. The van der Waals surface area contributed by atoms with Crippen LogP contribution in [0.4, 0.5) is 0 Å². The monoisotopic (exact) mass is 444 g/mol. The number of hydrogen-bond donors (Lipinski definition) is 1. The van der Waals surface area contributed by atoms with Gasteiger partial charge in [0.15, 0.2) is 0 Å². The summed E-state index contributed by atoms with van der Waals surface area (Å²) >= 11 is 0. The summed E-state index contributed by atoms with van der Waals surface area (Å²) in [4.78, 5) is 30.8. The number of esters is 1. The molecule has 8 nitrogen and oxygen atoms in total. The van der Waals surface area contributed by atoms with Gasteiger partial charge in [0.05, 0.1) is 26.9 Å². The average Bonchev–Trinajstić information content (AvgIpc) is 3.41. The van der Waals surface area contributed by atoms with Gasteiger partial charge in [0.1, 0.15) is 17.2 Å². The molecule has 1 aliphatic heterocycles. The van der Waals surface area contributed by atoms with Gasteiger partial charge in [0.2, 0.25) is 0 Å². The van der Waals surface area contributed by atoms with Gasteiger partial charge in [-0.25, -0.2) is 4.79 Å². The van der Waals surface area contributed by atoms with Crippen molar-refractivity contribution in [2.45, 2.75) is 46.3 Å². The van der Waals surface area contributed by atoms with Gasteiger partial charge < -0.3 is 28.8 Å². The third kappa shape index (κ3) is 5.24. The summed E-state index contributed by atoms with van der Waals surface area (Å²) in [6.07, 6.45) is 1.87. The summed E-state index contributed by atoms with van der Waals surface area (Å²) in [5.74, 6) is 0.538. The molecule has 1 amide bonds. The summed E-state index contributed by atoms with van der Waals surface area (Å²) in [5.41, 5.74) is 3.41. The number of methoxy groups -OCH3 is 2. The number of aromatic amines is 1. The third-order valence-corrected chi connectivity index (χ3v) is 5.75. The van der Waals surface area contributed by atoms with Crippen molar-refractivity contribution in [3.8, 4) is 11.5 Å². The highest BCUT2D eigenvalue weighted by atomic mass is 16.5. The second-order valence-corrected chi connectivity index (χ2v) is 7.87. The van der Waals surface area contributed by atoms with E-state index in [1.54, 1.807) is 44.2 Å². The number of hydrogen-bond acceptors (Lipinski definition) is 6. The van der Waals surface area contributed by atoms with Gasteiger partial charge >= 0.3 is 5.97 Å². The molecule has 1 atom stereocenters. The number of nitrogens with zero attached hydrogens (tertiary/aromatic N) is 1. The van der Waals surface area contributed by atoms with Crippen molar-refractivity contribution in [1.29, 1.82) is 0 Å². The van der Waals surface area contributed by atoms with Crippen LogP contribution in [0.2, 0.25) is 0 Å². The molecule has 0 aliphatic carbocycles. The molecular weight excluding hydrogens is 412 g/mol. The van der Waals surface area contributed by atoms with E-state index >= 15 is 0 Å². The minimum absolute atomic E-state index is 0.0180. The normalized spacial score (nSPS) is 15.5. The largest absolute Gasteiger partial charge is 0.497 e. The quantitative estimate of drug-likeness (QED) is 0.594. The zero-order valence-corrected chi connectivity index (χ0v) is 19.4. The molecule has 1 aliphatic rings. The number of benzene rings is 1. The molecule has 1 N–H and O–H groups in total. The molecule has 2 heterocycles. The second-order valence-electron chi connectivity index (χ2n) is 7.87. The van der Waals surface area contributed by atoms with Crippen LogP contribution in [0.5, 0.6) is 11.5 Å². The molecule has 2 aromatic rings. The lowest BCUT2D eigenvalue weighted by molar-refractivity contribution is 0.0506. The number of carbonyl (C=O) groups is 2. The van der Waals surface area contributed by atoms with E-state index in [1.807, 2.05) is 13.8 Å². The number of aryl methyl sites for hydroxylation is 1. The van der Waals surface area contributed by atoms with Crippen molar-refractivity contribution in [3.05, 3.63) is 46.3 Å². The van der Waals surface area contributed by atoms with Gasteiger partial charge in [-0.3, -0.25) is 4.79 Å². The topological polar surface area (TPSA) is 90.1 Å². The van der Waals surface area contributed by atoms with Crippen molar-refractivity contribution < 1.29 is 28.5 Å². The van der Waals surface area contributed by atoms with E-state index in [0.29, 0.717) is 49.1 Å². The Balaban J connectivity index is 1.93. The maximum absolute atomic E-state index is 13.6. The summed E-state index contributed by atoms with van der Waals surface area (Å²) in [6, 6.07) is 5.13. The Morgan fingerprint density at radius 1 is 1.16 bits per heavy atom. The first-order valence-electron chi connectivity index (χ1n) is 10.9. The average molecular weight is 445 g/mol. The van der Waals surface area contributed by atoms with E-state index in [-0.39, 0.29) is 12.0 Å². The van der Waals surface area contributed by atoms with E-state index < -0.39 is 5.97 Å². The van der Waals surface area contributed by atoms with Crippen LogP contribution >= 0.6 is 0 Å². The van der Waals surface area contributed by atoms with Crippen LogP contribution in [0.1, 0.15) is 57.4 Å². The molecule has 3 rings (SSSR count). The summed E-state index contributed by atoms with van der Waals surface area (Å²) in [7, 11) is 3.10. The lowest BCUT2D eigenvalue weighted by atomic mass is 10.1. The van der Waals surface area contributed by atoms with E-state index in [9.17, 15) is 9.59 Å². The van der Waals surface area contributed by atoms with Gasteiger partial charge in [0.25, 0.3) is 5.91 Å². The van der Waals surface area contributed by atoms with Crippen LogP contribution in [0.25, 0.3) is 0 Å². The first-order chi connectivity index (χ1) is 15.4. The fourth-order valence-corrected chi connectivity index (χ4v) is 3.99. The van der Waals surface area contributed by atoms with Crippen LogP contribution < -0.4 is 9.47 Å². The summed E-state index contributed by atoms with van der Waals surface area (Å²) in [5, 5.41) is 0. The fraction of sp³-hybridized carbons (Fsp3) is 0.500. The Morgan fingerprint density at radius 3 is 2.41 bits per heavy atom. The maximum atomic E-state index is 13.6. The molecule has 0 bridgehead atoms. The Morgan fingerprint density at radius 2 is 1.84 bits per heavy atom. The number of carbonyl (C=O) groups excluding carboxylic acids is 2. The molecule has 1 aromatic heterocycles. The van der Waals surface area contributed by atoms with Crippen molar-refractivity contribution in [2.24, 2.45) is 0 Å². The number of amides is 1. The predicted molar refractivity (Wildman–Crippen MR) is 119 cm³/mol. The Bertz CT molecular complexity index is 939. The van der Waals surface area contributed by atoms with E-state index in [4.69, 9.17) is 18.9 Å². The van der Waals surface area contributed by atoms with Crippen LogP contribution in [-0.4, -0.2) is 61.8 Å². The Kier molecular flexibility index (Phi) is 7.80. The SMILES string of the molecule is CCOC(=O)c1[nH]c(C)c(CN(C[C@@H]2CCCO2)C(=O)c2cc(OC)cc(OC)c2)c1C. The highest BCUT2D eigenvalue weighted by molar-refractivity contribution is 5.95. The molecule has 174 valence electrons. The van der Waals surface area contributed by atoms with Gasteiger partial charge in [0, 0.05) is 37.0 Å². The van der Waals surface area contributed by atoms with Gasteiger partial charge in [-0.15, -0.1) is 0 Å². The number of ether oxygens (including phenoxy) is 4. The molecule has 8 heteroatoms. The number of aromatic nitrogens is 1. The van der Waals surface area contributed by atoms with Gasteiger partial charge in [-0.1, -0.05) is 0 Å². The van der Waals surface area contributed by atoms with E-state index in [2.05, 4.69) is 4.98 Å². The van der Waals surface area contributed by atoms with Crippen LogP contribution in [0, 0.1) is 13.8 Å². The van der Waals surface area contributed by atoms with Gasteiger partial charge in [-0.05, 0) is 56.9 Å². The fourth-order valence-electron chi connectivity index (χ4n) is 3.99. The Labute approximate surface area is 188 Å².